The third kappa shape index (κ3) is 2.97. The summed E-state index contributed by atoms with van der Waals surface area (Å²) in [6, 6.07) is 23.8. The average molecular weight is 426 g/mol. The van der Waals surface area contributed by atoms with Crippen molar-refractivity contribution in [3.8, 4) is 0 Å². The summed E-state index contributed by atoms with van der Waals surface area (Å²) in [4.78, 5) is 26.3. The van der Waals surface area contributed by atoms with Crippen LogP contribution in [0.4, 0.5) is 11.4 Å². The van der Waals surface area contributed by atoms with E-state index in [-0.39, 0.29) is 23.2 Å². The smallest absolute Gasteiger partial charge is 0.276 e. The number of hydrazone groups is 1. The predicted molar refractivity (Wildman–Crippen MR) is 123 cm³/mol. The molecule has 2 aliphatic rings. The molecule has 0 saturated carbocycles. The third-order valence-corrected chi connectivity index (χ3v) is 6.47. The second-order valence-electron chi connectivity index (χ2n) is 8.46. The van der Waals surface area contributed by atoms with Crippen LogP contribution in [-0.4, -0.2) is 34.8 Å². The number of anilines is 1. The number of hydrogen-bond donors (Lipinski definition) is 0. The first-order valence-corrected chi connectivity index (χ1v) is 10.4. The summed E-state index contributed by atoms with van der Waals surface area (Å²) in [6.07, 6.45) is 0.377. The maximum absolute atomic E-state index is 13.7. The predicted octanol–water partition coefficient (Wildman–Crippen LogP) is 4.58. The minimum absolute atomic E-state index is 0.0519. The van der Waals surface area contributed by atoms with Crippen molar-refractivity contribution in [3.63, 3.8) is 0 Å². The summed E-state index contributed by atoms with van der Waals surface area (Å²) in [7, 11) is 1.98. The highest BCUT2D eigenvalue weighted by atomic mass is 16.6. The Bertz CT molecular complexity index is 1240. The molecule has 5 rings (SSSR count). The van der Waals surface area contributed by atoms with Crippen LogP contribution >= 0.6 is 0 Å². The number of amides is 1. The molecule has 1 amide bonds. The number of benzene rings is 3. The molecule has 0 N–H and O–H groups in total. The number of carbonyl (C=O) groups excluding carboxylic acids is 1. The largest absolute Gasteiger partial charge is 0.352 e. The Labute approximate surface area is 185 Å². The van der Waals surface area contributed by atoms with Gasteiger partial charge in [0.1, 0.15) is 6.17 Å². The van der Waals surface area contributed by atoms with Crippen LogP contribution in [0.1, 0.15) is 34.8 Å². The van der Waals surface area contributed by atoms with Gasteiger partial charge in [-0.05, 0) is 29.3 Å². The lowest BCUT2D eigenvalue weighted by Crippen LogP contribution is -2.57. The molecule has 2 aliphatic heterocycles. The lowest BCUT2D eigenvalue weighted by Gasteiger charge is -2.44. The Hall–Kier alpha value is -4.00. The van der Waals surface area contributed by atoms with Crippen LogP contribution < -0.4 is 4.90 Å². The van der Waals surface area contributed by atoms with E-state index in [1.54, 1.807) is 5.01 Å². The van der Waals surface area contributed by atoms with E-state index in [4.69, 9.17) is 5.10 Å². The number of carbonyl (C=O) groups is 1. The van der Waals surface area contributed by atoms with Gasteiger partial charge in [-0.1, -0.05) is 55.5 Å². The monoisotopic (exact) mass is 426 g/mol. The molecule has 0 radical (unpaired) electrons. The fourth-order valence-corrected chi connectivity index (χ4v) is 4.96. The summed E-state index contributed by atoms with van der Waals surface area (Å²) < 4.78 is 0. The quantitative estimate of drug-likeness (QED) is 0.454. The minimum Gasteiger partial charge on any atom is -0.352 e. The molecule has 0 fully saturated rings. The number of non-ortho nitro benzene ring substituents is 1. The first-order chi connectivity index (χ1) is 15.4. The van der Waals surface area contributed by atoms with Gasteiger partial charge in [0.15, 0.2) is 0 Å². The van der Waals surface area contributed by atoms with Gasteiger partial charge in [-0.25, -0.2) is 5.01 Å². The van der Waals surface area contributed by atoms with Gasteiger partial charge in [-0.15, -0.1) is 0 Å². The van der Waals surface area contributed by atoms with Gasteiger partial charge in [0.05, 0.1) is 10.6 Å². The molecule has 0 bridgehead atoms. The van der Waals surface area contributed by atoms with Gasteiger partial charge in [-0.2, -0.15) is 5.10 Å². The number of nitro groups is 1. The Balaban J connectivity index is 1.63. The Morgan fingerprint density at radius 3 is 2.38 bits per heavy atom. The van der Waals surface area contributed by atoms with E-state index in [9.17, 15) is 14.9 Å². The number of rotatable bonds is 3. The molecular formula is C25H22N4O3. The number of nitrogens with zero attached hydrogens (tertiary/aromatic N) is 4. The number of para-hydroxylation sites is 1. The Morgan fingerprint density at radius 2 is 1.69 bits per heavy atom. The van der Waals surface area contributed by atoms with E-state index in [1.165, 1.54) is 29.8 Å². The highest BCUT2D eigenvalue weighted by Gasteiger charge is 2.53. The number of likely N-dealkylation sites (N-methyl/N-ethyl adjacent to an activating group) is 1. The van der Waals surface area contributed by atoms with Crippen LogP contribution in [-0.2, 0) is 5.41 Å². The van der Waals surface area contributed by atoms with E-state index in [0.717, 1.165) is 17.0 Å². The highest BCUT2D eigenvalue weighted by molar-refractivity contribution is 6.04. The molecule has 0 aliphatic carbocycles. The van der Waals surface area contributed by atoms with Crippen molar-refractivity contribution in [1.29, 1.82) is 0 Å². The van der Waals surface area contributed by atoms with E-state index in [1.807, 2.05) is 49.5 Å². The Morgan fingerprint density at radius 1 is 1.03 bits per heavy atom. The second-order valence-corrected chi connectivity index (χ2v) is 8.46. The van der Waals surface area contributed by atoms with Crippen molar-refractivity contribution >= 4 is 23.0 Å². The number of hydrogen-bond acceptors (Lipinski definition) is 5. The van der Waals surface area contributed by atoms with Crippen LogP contribution in [0.2, 0.25) is 0 Å². The van der Waals surface area contributed by atoms with Crippen molar-refractivity contribution < 1.29 is 9.72 Å². The summed E-state index contributed by atoms with van der Waals surface area (Å²) in [5.74, 6) is -0.288. The van der Waals surface area contributed by atoms with Crippen LogP contribution in [0.3, 0.4) is 0 Å². The van der Waals surface area contributed by atoms with E-state index in [2.05, 4.69) is 24.0 Å². The van der Waals surface area contributed by atoms with Gasteiger partial charge in [0.2, 0.25) is 0 Å². The maximum Gasteiger partial charge on any atom is 0.276 e. The third-order valence-electron chi connectivity index (χ3n) is 6.47. The van der Waals surface area contributed by atoms with Gasteiger partial charge in [-0.3, -0.25) is 14.9 Å². The zero-order chi connectivity index (χ0) is 22.5. The van der Waals surface area contributed by atoms with E-state index < -0.39 is 4.92 Å². The lowest BCUT2D eigenvalue weighted by molar-refractivity contribution is -0.384. The maximum atomic E-state index is 13.7. The summed E-state index contributed by atoms with van der Waals surface area (Å²) >= 11 is 0. The molecule has 2 atom stereocenters. The zero-order valence-electron chi connectivity index (χ0n) is 17.8. The lowest BCUT2D eigenvalue weighted by atomic mass is 9.75. The second kappa shape index (κ2) is 7.30. The normalized spacial score (nSPS) is 21.6. The van der Waals surface area contributed by atoms with Crippen molar-refractivity contribution in [2.24, 2.45) is 5.10 Å². The molecule has 0 aromatic heterocycles. The molecule has 160 valence electrons. The highest BCUT2D eigenvalue weighted by Crippen LogP contribution is 2.50. The van der Waals surface area contributed by atoms with Gasteiger partial charge < -0.3 is 4.90 Å². The van der Waals surface area contributed by atoms with Crippen LogP contribution in [0.5, 0.6) is 0 Å². The van der Waals surface area contributed by atoms with E-state index in [0.29, 0.717) is 12.0 Å². The first kappa shape index (κ1) is 19.9. The summed E-state index contributed by atoms with van der Waals surface area (Å²) in [6.45, 7) is 2.17. The average Bonchev–Trinajstić information content (AvgIpc) is 3.06. The number of fused-ring (bicyclic) bond motifs is 3. The fraction of sp³-hybridized carbons (Fsp3) is 0.200. The molecule has 0 saturated heterocycles. The fourth-order valence-electron chi connectivity index (χ4n) is 4.96. The van der Waals surface area contributed by atoms with Gasteiger partial charge in [0.25, 0.3) is 11.6 Å². The van der Waals surface area contributed by atoms with Crippen LogP contribution in [0.15, 0.2) is 84.0 Å². The molecule has 0 spiro atoms. The van der Waals surface area contributed by atoms with Crippen molar-refractivity contribution in [3.05, 3.63) is 106 Å². The summed E-state index contributed by atoms with van der Waals surface area (Å²) in [5, 5.41) is 17.4. The molecule has 3 aromatic rings. The van der Waals surface area contributed by atoms with E-state index >= 15 is 0 Å². The molecular weight excluding hydrogens is 404 g/mol. The molecule has 7 heteroatoms. The minimum atomic E-state index is -0.473. The number of nitro benzene ring substituents is 1. The summed E-state index contributed by atoms with van der Waals surface area (Å²) in [5.41, 5.74) is 4.01. The Kier molecular flexibility index (Phi) is 4.55. The first-order valence-electron chi connectivity index (χ1n) is 10.4. The molecule has 2 heterocycles. The van der Waals surface area contributed by atoms with Crippen molar-refractivity contribution in [2.75, 3.05) is 11.9 Å². The topological polar surface area (TPSA) is 79.0 Å². The SMILES string of the molecule is CN1c2ccccc2[C@@]2(C)CC(c3ccccc3)=NN(C(=O)c3ccc([N+](=O)[O-])cc3)[C@@H]12. The molecule has 3 aromatic carbocycles. The van der Waals surface area contributed by atoms with Gasteiger partial charge >= 0.3 is 0 Å². The van der Waals surface area contributed by atoms with Crippen LogP contribution in [0, 0.1) is 10.1 Å². The van der Waals surface area contributed by atoms with Crippen molar-refractivity contribution in [1.82, 2.24) is 5.01 Å². The molecule has 7 nitrogen and oxygen atoms in total. The van der Waals surface area contributed by atoms with Crippen molar-refractivity contribution in [2.45, 2.75) is 24.9 Å². The van der Waals surface area contributed by atoms with Crippen LogP contribution in [0.25, 0.3) is 0 Å². The van der Waals surface area contributed by atoms with Gasteiger partial charge in [0, 0.05) is 42.3 Å². The molecule has 32 heavy (non-hydrogen) atoms. The molecule has 0 unspecified atom stereocenters. The zero-order valence-corrected chi connectivity index (χ0v) is 17.8. The standard InChI is InChI=1S/C25H22N4O3/c1-25-16-21(17-8-4-3-5-9-17)26-28(23(30)18-12-14-19(15-13-18)29(31)32)24(25)27(2)22-11-7-6-10-20(22)25/h3-15,24H,16H2,1-2H3/t24-,25-/m1/s1.